The Kier molecular flexibility index (Phi) is 6.25. The standard InChI is InChI=1S/C22H29N3O4/c1-6-24-15(5)23-20-16-10-9-14(4)25(18(16)11-12-19(20)24)13-17(21(26)28-7-2)22(27)29-8-3/h11-14H,6-10H2,1-5H3. The number of hydrogen-bond donors (Lipinski definition) is 0. The molecular weight excluding hydrogens is 370 g/mol. The lowest BCUT2D eigenvalue weighted by Gasteiger charge is -2.35. The summed E-state index contributed by atoms with van der Waals surface area (Å²) in [5.74, 6) is -0.356. The number of esters is 2. The summed E-state index contributed by atoms with van der Waals surface area (Å²) in [6, 6.07) is 4.23. The largest absolute Gasteiger partial charge is 0.462 e. The normalized spacial score (nSPS) is 15.8. The van der Waals surface area contributed by atoms with Crippen LogP contribution < -0.4 is 4.90 Å². The van der Waals surface area contributed by atoms with Crippen molar-refractivity contribution in [3.05, 3.63) is 35.3 Å². The number of benzene rings is 1. The molecule has 0 aliphatic carbocycles. The molecule has 3 rings (SSSR count). The first-order valence-corrected chi connectivity index (χ1v) is 10.3. The minimum absolute atomic E-state index is 0.0937. The van der Waals surface area contributed by atoms with Gasteiger partial charge in [0.2, 0.25) is 0 Å². The average molecular weight is 399 g/mol. The van der Waals surface area contributed by atoms with E-state index in [0.717, 1.165) is 47.5 Å². The van der Waals surface area contributed by atoms with E-state index in [9.17, 15) is 9.59 Å². The van der Waals surface area contributed by atoms with Crippen LogP contribution in [0.5, 0.6) is 0 Å². The van der Waals surface area contributed by atoms with Crippen molar-refractivity contribution in [1.29, 1.82) is 0 Å². The van der Waals surface area contributed by atoms with E-state index in [1.807, 2.05) is 17.9 Å². The van der Waals surface area contributed by atoms with Gasteiger partial charge in [0.25, 0.3) is 0 Å². The molecule has 1 aromatic carbocycles. The molecule has 0 radical (unpaired) electrons. The zero-order valence-electron chi connectivity index (χ0n) is 17.8. The number of aryl methyl sites for hydroxylation is 3. The zero-order chi connectivity index (χ0) is 21.1. The monoisotopic (exact) mass is 399 g/mol. The summed E-state index contributed by atoms with van der Waals surface area (Å²) < 4.78 is 12.4. The van der Waals surface area contributed by atoms with Gasteiger partial charge in [-0.3, -0.25) is 0 Å². The molecule has 7 nitrogen and oxygen atoms in total. The summed E-state index contributed by atoms with van der Waals surface area (Å²) in [6.07, 6.45) is 3.36. The number of nitrogens with zero attached hydrogens (tertiary/aromatic N) is 3. The molecule has 1 unspecified atom stereocenters. The van der Waals surface area contributed by atoms with Crippen molar-refractivity contribution in [2.75, 3.05) is 18.1 Å². The summed E-state index contributed by atoms with van der Waals surface area (Å²) in [7, 11) is 0. The van der Waals surface area contributed by atoms with Gasteiger partial charge >= 0.3 is 11.9 Å². The van der Waals surface area contributed by atoms with Crippen LogP contribution in [0, 0.1) is 6.92 Å². The van der Waals surface area contributed by atoms with Crippen molar-refractivity contribution in [1.82, 2.24) is 9.55 Å². The first-order chi connectivity index (χ1) is 13.9. The highest BCUT2D eigenvalue weighted by molar-refractivity contribution is 6.14. The molecule has 1 atom stereocenters. The van der Waals surface area contributed by atoms with Gasteiger partial charge in [-0.15, -0.1) is 0 Å². The van der Waals surface area contributed by atoms with E-state index in [0.29, 0.717) is 0 Å². The van der Waals surface area contributed by atoms with Crippen LogP contribution in [-0.2, 0) is 32.0 Å². The molecule has 1 aromatic heterocycles. The molecule has 0 bridgehead atoms. The van der Waals surface area contributed by atoms with Crippen LogP contribution in [0.25, 0.3) is 11.0 Å². The molecular formula is C22H29N3O4. The van der Waals surface area contributed by atoms with E-state index < -0.39 is 11.9 Å². The van der Waals surface area contributed by atoms with Crippen molar-refractivity contribution in [3.63, 3.8) is 0 Å². The predicted octanol–water partition coefficient (Wildman–Crippen LogP) is 3.52. The van der Waals surface area contributed by atoms with Crippen molar-refractivity contribution in [2.45, 2.75) is 60.0 Å². The lowest BCUT2D eigenvalue weighted by Crippen LogP contribution is -2.35. The smallest absolute Gasteiger partial charge is 0.347 e. The zero-order valence-corrected chi connectivity index (χ0v) is 17.8. The molecule has 0 fully saturated rings. The van der Waals surface area contributed by atoms with Gasteiger partial charge in [0.05, 0.1) is 24.2 Å². The fourth-order valence-corrected chi connectivity index (χ4v) is 3.91. The first kappa shape index (κ1) is 20.9. The first-order valence-electron chi connectivity index (χ1n) is 10.3. The second-order valence-corrected chi connectivity index (χ2v) is 7.11. The van der Waals surface area contributed by atoms with Gasteiger partial charge in [-0.2, -0.15) is 0 Å². The van der Waals surface area contributed by atoms with Crippen LogP contribution in [0.1, 0.15) is 45.5 Å². The Morgan fingerprint density at radius 1 is 1.17 bits per heavy atom. The minimum atomic E-state index is -0.669. The number of carbonyl (C=O) groups excluding carboxylic acids is 2. The van der Waals surface area contributed by atoms with Crippen LogP contribution in [0.4, 0.5) is 5.69 Å². The molecule has 7 heteroatoms. The summed E-state index contributed by atoms with van der Waals surface area (Å²) in [6.45, 7) is 10.9. The maximum Gasteiger partial charge on any atom is 0.347 e. The van der Waals surface area contributed by atoms with E-state index in [2.05, 4.69) is 24.5 Å². The Bertz CT molecular complexity index is 941. The molecule has 2 heterocycles. The molecule has 29 heavy (non-hydrogen) atoms. The van der Waals surface area contributed by atoms with E-state index in [1.54, 1.807) is 20.0 Å². The highest BCUT2D eigenvalue weighted by Crippen LogP contribution is 2.36. The third kappa shape index (κ3) is 3.86. The summed E-state index contributed by atoms with van der Waals surface area (Å²) in [4.78, 5) is 31.6. The van der Waals surface area contributed by atoms with Gasteiger partial charge in [-0.25, -0.2) is 14.6 Å². The number of anilines is 1. The van der Waals surface area contributed by atoms with Crippen LogP contribution in [-0.4, -0.2) is 40.7 Å². The van der Waals surface area contributed by atoms with E-state index in [4.69, 9.17) is 14.5 Å². The molecule has 1 aliphatic heterocycles. The summed E-state index contributed by atoms with van der Waals surface area (Å²) >= 11 is 0. The van der Waals surface area contributed by atoms with Gasteiger partial charge in [0.1, 0.15) is 5.82 Å². The van der Waals surface area contributed by atoms with Gasteiger partial charge in [-0.1, -0.05) is 0 Å². The van der Waals surface area contributed by atoms with Crippen molar-refractivity contribution < 1.29 is 19.1 Å². The number of rotatable bonds is 6. The third-order valence-electron chi connectivity index (χ3n) is 5.33. The molecule has 0 spiro atoms. The van der Waals surface area contributed by atoms with Crippen LogP contribution >= 0.6 is 0 Å². The number of hydrogen-bond acceptors (Lipinski definition) is 6. The Hall–Kier alpha value is -2.83. The fraction of sp³-hybridized carbons (Fsp3) is 0.500. The maximum absolute atomic E-state index is 12.4. The Labute approximate surface area is 171 Å². The SMILES string of the molecule is CCOC(=O)C(=CN1c2ccc3c(nc(C)n3CC)c2CCC1C)C(=O)OCC. The molecule has 156 valence electrons. The fourth-order valence-electron chi connectivity index (χ4n) is 3.91. The summed E-state index contributed by atoms with van der Waals surface area (Å²) in [5, 5.41) is 0. The molecule has 1 aliphatic rings. The van der Waals surface area contributed by atoms with Gasteiger partial charge < -0.3 is 18.9 Å². The molecule has 0 amide bonds. The van der Waals surface area contributed by atoms with E-state index in [1.165, 1.54) is 0 Å². The average Bonchev–Trinajstić information content (AvgIpc) is 3.02. The maximum atomic E-state index is 12.4. The topological polar surface area (TPSA) is 73.7 Å². The van der Waals surface area contributed by atoms with Crippen LogP contribution in [0.15, 0.2) is 23.9 Å². The van der Waals surface area contributed by atoms with Crippen LogP contribution in [0.3, 0.4) is 0 Å². The lowest BCUT2D eigenvalue weighted by molar-refractivity contribution is -0.146. The molecule has 0 saturated heterocycles. The lowest BCUT2D eigenvalue weighted by atomic mass is 9.95. The summed E-state index contributed by atoms with van der Waals surface area (Å²) in [5.41, 5.74) is 4.10. The molecule has 0 saturated carbocycles. The van der Waals surface area contributed by atoms with Crippen molar-refractivity contribution in [3.8, 4) is 0 Å². The van der Waals surface area contributed by atoms with Crippen molar-refractivity contribution >= 4 is 28.7 Å². The number of aromatic nitrogens is 2. The quantitative estimate of drug-likeness (QED) is 0.320. The van der Waals surface area contributed by atoms with Gasteiger partial charge in [-0.05, 0) is 59.6 Å². The van der Waals surface area contributed by atoms with Gasteiger partial charge in [0.15, 0.2) is 5.57 Å². The molecule has 2 aromatic rings. The number of carbonyl (C=O) groups is 2. The van der Waals surface area contributed by atoms with Gasteiger partial charge in [0, 0.05) is 30.0 Å². The minimum Gasteiger partial charge on any atom is -0.462 e. The van der Waals surface area contributed by atoms with E-state index in [-0.39, 0.29) is 24.8 Å². The Morgan fingerprint density at radius 3 is 2.41 bits per heavy atom. The highest BCUT2D eigenvalue weighted by atomic mass is 16.6. The number of fused-ring (bicyclic) bond motifs is 3. The Morgan fingerprint density at radius 2 is 1.83 bits per heavy atom. The Balaban J connectivity index is 2.12. The van der Waals surface area contributed by atoms with E-state index >= 15 is 0 Å². The molecule has 0 N–H and O–H groups in total. The highest BCUT2D eigenvalue weighted by Gasteiger charge is 2.29. The van der Waals surface area contributed by atoms with Crippen LogP contribution in [0.2, 0.25) is 0 Å². The second-order valence-electron chi connectivity index (χ2n) is 7.11. The van der Waals surface area contributed by atoms with Crippen molar-refractivity contribution in [2.24, 2.45) is 0 Å². The number of imidazole rings is 1. The predicted molar refractivity (Wildman–Crippen MR) is 112 cm³/mol. The third-order valence-corrected chi connectivity index (χ3v) is 5.33. The number of ether oxygens (including phenoxy) is 2. The second kappa shape index (κ2) is 8.68.